The molecule has 1 unspecified atom stereocenters. The summed E-state index contributed by atoms with van der Waals surface area (Å²) in [6, 6.07) is 9.17. The van der Waals surface area contributed by atoms with Crippen molar-refractivity contribution in [2.24, 2.45) is 5.73 Å². The minimum Gasteiger partial charge on any atom is -0.481 e. The predicted octanol–water partition coefficient (Wildman–Crippen LogP) is 4.22. The van der Waals surface area contributed by atoms with Gasteiger partial charge in [0.25, 0.3) is 5.91 Å². The molecule has 0 aliphatic carbocycles. The van der Waals surface area contributed by atoms with Crippen molar-refractivity contribution in [2.45, 2.75) is 51.3 Å². The standard InChI is InChI=1S/C24H25F3N4O4/c1-2-5-19(35-16-7-3-6-14(12-16)22(28)29)23(34)30-15-10-11-18(17(13-15)24(25,26)27)31-20(32)8-4-9-21(31)33/h3,6-7,10-13,19H,2,4-5,8-9H2,1H3,(H3,28,29)(H,30,34). The number of hydrogen-bond donors (Lipinski definition) is 3. The highest BCUT2D eigenvalue weighted by molar-refractivity contribution is 6.17. The number of hydrogen-bond acceptors (Lipinski definition) is 5. The van der Waals surface area contributed by atoms with Crippen molar-refractivity contribution >= 4 is 34.9 Å². The van der Waals surface area contributed by atoms with E-state index in [0.29, 0.717) is 23.0 Å². The van der Waals surface area contributed by atoms with E-state index in [-0.39, 0.29) is 43.0 Å². The Morgan fingerprint density at radius 1 is 1.17 bits per heavy atom. The van der Waals surface area contributed by atoms with Gasteiger partial charge in [-0.15, -0.1) is 0 Å². The van der Waals surface area contributed by atoms with Crippen molar-refractivity contribution in [3.8, 4) is 5.75 Å². The average Bonchev–Trinajstić information content (AvgIpc) is 2.79. The topological polar surface area (TPSA) is 126 Å². The predicted molar refractivity (Wildman–Crippen MR) is 123 cm³/mol. The van der Waals surface area contributed by atoms with Crippen molar-refractivity contribution in [1.82, 2.24) is 0 Å². The number of carbonyl (C=O) groups is 3. The first-order valence-corrected chi connectivity index (χ1v) is 11.0. The molecule has 0 spiro atoms. The molecule has 1 aliphatic heterocycles. The molecular formula is C24H25F3N4O4. The maximum atomic E-state index is 13.8. The number of amides is 3. The second kappa shape index (κ2) is 10.6. The Kier molecular flexibility index (Phi) is 7.78. The van der Waals surface area contributed by atoms with Gasteiger partial charge in [-0.05, 0) is 43.2 Å². The van der Waals surface area contributed by atoms with Crippen LogP contribution in [-0.2, 0) is 20.6 Å². The van der Waals surface area contributed by atoms with Crippen LogP contribution in [0.25, 0.3) is 0 Å². The van der Waals surface area contributed by atoms with E-state index in [1.807, 2.05) is 6.92 Å². The van der Waals surface area contributed by atoms with Gasteiger partial charge in [0.15, 0.2) is 6.10 Å². The van der Waals surface area contributed by atoms with Gasteiger partial charge in [0.2, 0.25) is 11.8 Å². The number of rotatable bonds is 8. The molecule has 1 aliphatic rings. The Hall–Kier alpha value is -3.89. The minimum atomic E-state index is -4.87. The first-order valence-electron chi connectivity index (χ1n) is 11.0. The summed E-state index contributed by atoms with van der Waals surface area (Å²) >= 11 is 0. The summed E-state index contributed by atoms with van der Waals surface area (Å²) in [4.78, 5) is 37.8. The van der Waals surface area contributed by atoms with Crippen LogP contribution in [0.2, 0.25) is 0 Å². The maximum Gasteiger partial charge on any atom is 0.418 e. The molecule has 11 heteroatoms. The van der Waals surface area contributed by atoms with Gasteiger partial charge in [0.1, 0.15) is 11.6 Å². The quantitative estimate of drug-likeness (QED) is 0.290. The third-order valence-electron chi connectivity index (χ3n) is 5.36. The number of nitrogen functional groups attached to an aromatic ring is 1. The molecule has 0 bridgehead atoms. The lowest BCUT2D eigenvalue weighted by molar-refractivity contribution is -0.137. The molecule has 35 heavy (non-hydrogen) atoms. The Labute approximate surface area is 199 Å². The molecule has 0 radical (unpaired) electrons. The largest absolute Gasteiger partial charge is 0.481 e. The third kappa shape index (κ3) is 6.17. The first kappa shape index (κ1) is 25.7. The van der Waals surface area contributed by atoms with Crippen molar-refractivity contribution in [3.63, 3.8) is 0 Å². The number of nitrogens with two attached hydrogens (primary N) is 1. The highest BCUT2D eigenvalue weighted by atomic mass is 19.4. The normalized spacial score (nSPS) is 15.0. The zero-order chi connectivity index (χ0) is 25.8. The highest BCUT2D eigenvalue weighted by Gasteiger charge is 2.39. The number of imide groups is 1. The molecular weight excluding hydrogens is 465 g/mol. The first-order chi connectivity index (χ1) is 16.5. The number of amidine groups is 1. The number of ether oxygens (including phenoxy) is 1. The van der Waals surface area contributed by atoms with Crippen molar-refractivity contribution < 1.29 is 32.3 Å². The van der Waals surface area contributed by atoms with Crippen molar-refractivity contribution in [1.29, 1.82) is 5.41 Å². The molecule has 1 atom stereocenters. The van der Waals surface area contributed by atoms with Gasteiger partial charge in [-0.25, -0.2) is 4.90 Å². The van der Waals surface area contributed by atoms with Crippen LogP contribution in [0.1, 0.15) is 50.2 Å². The van der Waals surface area contributed by atoms with E-state index in [1.54, 1.807) is 18.2 Å². The molecule has 2 aromatic rings. The maximum absolute atomic E-state index is 13.8. The number of benzene rings is 2. The van der Waals surface area contributed by atoms with E-state index in [4.69, 9.17) is 15.9 Å². The summed E-state index contributed by atoms with van der Waals surface area (Å²) in [5, 5.41) is 9.95. The zero-order valence-electron chi connectivity index (χ0n) is 18.9. The number of nitrogens with one attached hydrogen (secondary N) is 2. The molecule has 3 rings (SSSR count). The minimum absolute atomic E-state index is 0.0254. The molecule has 186 valence electrons. The van der Waals surface area contributed by atoms with E-state index >= 15 is 0 Å². The lowest BCUT2D eigenvalue weighted by Crippen LogP contribution is -2.41. The Morgan fingerprint density at radius 3 is 2.46 bits per heavy atom. The number of piperidine rings is 1. The van der Waals surface area contributed by atoms with Gasteiger partial charge >= 0.3 is 6.18 Å². The van der Waals surface area contributed by atoms with Crippen LogP contribution in [0.5, 0.6) is 5.75 Å². The number of carbonyl (C=O) groups excluding carboxylic acids is 3. The molecule has 1 saturated heterocycles. The van der Waals surface area contributed by atoms with E-state index in [2.05, 4.69) is 5.32 Å². The van der Waals surface area contributed by atoms with Crippen LogP contribution in [0.4, 0.5) is 24.5 Å². The van der Waals surface area contributed by atoms with E-state index in [0.717, 1.165) is 6.07 Å². The van der Waals surface area contributed by atoms with E-state index in [9.17, 15) is 27.6 Å². The number of alkyl halides is 3. The zero-order valence-corrected chi connectivity index (χ0v) is 18.9. The van der Waals surface area contributed by atoms with Gasteiger partial charge in [-0.2, -0.15) is 13.2 Å². The molecule has 0 saturated carbocycles. The summed E-state index contributed by atoms with van der Waals surface area (Å²) in [6.45, 7) is 1.82. The Balaban J connectivity index is 1.86. The molecule has 3 amide bonds. The lowest BCUT2D eigenvalue weighted by atomic mass is 10.0. The molecule has 1 fully saturated rings. The average molecular weight is 490 g/mol. The number of halogens is 3. The van der Waals surface area contributed by atoms with Crippen molar-refractivity contribution in [3.05, 3.63) is 53.6 Å². The Morgan fingerprint density at radius 2 is 1.86 bits per heavy atom. The van der Waals surface area contributed by atoms with Crippen LogP contribution in [0, 0.1) is 5.41 Å². The molecule has 8 nitrogen and oxygen atoms in total. The summed E-state index contributed by atoms with van der Waals surface area (Å²) in [5.41, 5.74) is 3.94. The van der Waals surface area contributed by atoms with Crippen molar-refractivity contribution in [2.75, 3.05) is 10.2 Å². The summed E-state index contributed by atoms with van der Waals surface area (Å²) in [7, 11) is 0. The lowest BCUT2D eigenvalue weighted by Gasteiger charge is -2.28. The van der Waals surface area contributed by atoms with Crippen LogP contribution >= 0.6 is 0 Å². The molecule has 4 N–H and O–H groups in total. The second-order valence-corrected chi connectivity index (χ2v) is 8.03. The van der Waals surface area contributed by atoms with Crippen LogP contribution < -0.4 is 20.7 Å². The molecule has 2 aromatic carbocycles. The van der Waals surface area contributed by atoms with Crippen LogP contribution in [0.3, 0.4) is 0 Å². The van der Waals surface area contributed by atoms with Gasteiger partial charge in [-0.3, -0.25) is 19.8 Å². The molecule has 1 heterocycles. The number of anilines is 2. The smallest absolute Gasteiger partial charge is 0.418 e. The second-order valence-electron chi connectivity index (χ2n) is 8.03. The third-order valence-corrected chi connectivity index (χ3v) is 5.36. The van der Waals surface area contributed by atoms with Gasteiger partial charge in [0.05, 0.1) is 11.3 Å². The summed E-state index contributed by atoms with van der Waals surface area (Å²) in [5.74, 6) is -1.98. The van der Waals surface area contributed by atoms with Crippen LogP contribution in [-0.4, -0.2) is 29.7 Å². The SMILES string of the molecule is CCCC(Oc1cccc(C(=N)N)c1)C(=O)Nc1ccc(N2C(=O)CCCC2=O)c(C(F)(F)F)c1. The fourth-order valence-corrected chi connectivity index (χ4v) is 3.69. The monoisotopic (exact) mass is 490 g/mol. The summed E-state index contributed by atoms with van der Waals surface area (Å²) in [6.07, 6.45) is -4.84. The number of nitrogens with zero attached hydrogens (tertiary/aromatic N) is 1. The Bertz CT molecular complexity index is 1130. The summed E-state index contributed by atoms with van der Waals surface area (Å²) < 4.78 is 47.2. The van der Waals surface area contributed by atoms with E-state index in [1.165, 1.54) is 12.1 Å². The van der Waals surface area contributed by atoms with Gasteiger partial charge in [-0.1, -0.05) is 25.5 Å². The highest BCUT2D eigenvalue weighted by Crippen LogP contribution is 2.39. The van der Waals surface area contributed by atoms with E-state index < -0.39 is 41.3 Å². The van der Waals surface area contributed by atoms with Gasteiger partial charge in [0, 0.05) is 24.1 Å². The molecule has 0 aromatic heterocycles. The van der Waals surface area contributed by atoms with Crippen LogP contribution in [0.15, 0.2) is 42.5 Å². The fraction of sp³-hybridized carbons (Fsp3) is 0.333. The van der Waals surface area contributed by atoms with Gasteiger partial charge < -0.3 is 15.8 Å². The fourth-order valence-electron chi connectivity index (χ4n) is 3.69.